The van der Waals surface area contributed by atoms with E-state index in [1.165, 1.54) is 19.1 Å². The topological polar surface area (TPSA) is 138 Å². The van der Waals surface area contributed by atoms with Crippen LogP contribution in [0.15, 0.2) is 71.2 Å². The third-order valence-corrected chi connectivity index (χ3v) is 7.25. The van der Waals surface area contributed by atoms with Crippen LogP contribution in [0.5, 0.6) is 0 Å². The molecule has 2 heterocycles. The van der Waals surface area contributed by atoms with Gasteiger partial charge < -0.3 is 29.7 Å². The Bertz CT molecular complexity index is 1440. The van der Waals surface area contributed by atoms with Crippen molar-refractivity contribution in [3.63, 3.8) is 0 Å². The molecule has 4 rings (SSSR count). The average Bonchev–Trinajstić information content (AvgIpc) is 3.00. The number of carbonyl (C=O) groups is 3. The number of esters is 2. The van der Waals surface area contributed by atoms with Gasteiger partial charge in [0, 0.05) is 31.9 Å². The van der Waals surface area contributed by atoms with Crippen LogP contribution in [0.2, 0.25) is 5.02 Å². The standard InChI is InChI=1S/C29H30ClN5O6/c1-4-41-29(38)34-14-12-33(13-15-34)22-11-10-19(16-21(22)30)35-25(28(37)40-3)24(27(36)39-2)23(20(17-31)26(35)32)18-8-6-5-7-9-18/h5-11,16,23H,4,12-15,32H2,1-3H3. The molecule has 0 saturated carbocycles. The van der Waals surface area contributed by atoms with Gasteiger partial charge in [-0.2, -0.15) is 5.26 Å². The molecule has 41 heavy (non-hydrogen) atoms. The van der Waals surface area contributed by atoms with E-state index in [1.54, 1.807) is 60.4 Å². The van der Waals surface area contributed by atoms with Crippen molar-refractivity contribution in [1.29, 1.82) is 5.26 Å². The van der Waals surface area contributed by atoms with Gasteiger partial charge in [0.1, 0.15) is 11.5 Å². The van der Waals surface area contributed by atoms with E-state index in [-0.39, 0.29) is 28.8 Å². The highest BCUT2D eigenvalue weighted by atomic mass is 35.5. The van der Waals surface area contributed by atoms with Crippen molar-refractivity contribution in [2.75, 3.05) is 56.8 Å². The van der Waals surface area contributed by atoms with Crippen LogP contribution in [-0.2, 0) is 23.8 Å². The Hall–Kier alpha value is -4.69. The summed E-state index contributed by atoms with van der Waals surface area (Å²) >= 11 is 6.74. The normalized spacial score (nSPS) is 17.2. The van der Waals surface area contributed by atoms with Crippen molar-refractivity contribution in [2.24, 2.45) is 5.73 Å². The van der Waals surface area contributed by atoms with Crippen LogP contribution >= 0.6 is 11.6 Å². The molecule has 0 aliphatic carbocycles. The number of hydrogen-bond donors (Lipinski definition) is 1. The molecule has 0 radical (unpaired) electrons. The number of nitrogens with zero attached hydrogens (tertiary/aromatic N) is 4. The van der Waals surface area contributed by atoms with Crippen LogP contribution in [0.25, 0.3) is 0 Å². The molecular formula is C29H30ClN5O6. The first-order valence-electron chi connectivity index (χ1n) is 12.9. The number of anilines is 2. The summed E-state index contributed by atoms with van der Waals surface area (Å²) in [6.45, 7) is 4.04. The highest BCUT2D eigenvalue weighted by Gasteiger charge is 2.43. The molecule has 0 bridgehead atoms. The lowest BCUT2D eigenvalue weighted by Gasteiger charge is -2.37. The molecule has 2 aromatic rings. The Morgan fingerprint density at radius 3 is 2.24 bits per heavy atom. The summed E-state index contributed by atoms with van der Waals surface area (Å²) in [6, 6.07) is 15.9. The van der Waals surface area contributed by atoms with Crippen LogP contribution in [-0.4, -0.2) is 69.9 Å². The maximum atomic E-state index is 13.3. The summed E-state index contributed by atoms with van der Waals surface area (Å²) in [5.41, 5.74) is 7.96. The van der Waals surface area contributed by atoms with Gasteiger partial charge in [-0.05, 0) is 30.7 Å². The zero-order valence-electron chi connectivity index (χ0n) is 22.9. The maximum absolute atomic E-state index is 13.3. The van der Waals surface area contributed by atoms with Crippen LogP contribution in [0.1, 0.15) is 18.4 Å². The van der Waals surface area contributed by atoms with Crippen molar-refractivity contribution in [1.82, 2.24) is 4.90 Å². The van der Waals surface area contributed by atoms with E-state index in [9.17, 15) is 19.6 Å². The van der Waals surface area contributed by atoms with E-state index >= 15 is 0 Å². The number of piperazine rings is 1. The Morgan fingerprint density at radius 2 is 1.68 bits per heavy atom. The van der Waals surface area contributed by atoms with Gasteiger partial charge in [-0.1, -0.05) is 41.9 Å². The third-order valence-electron chi connectivity index (χ3n) is 6.95. The lowest BCUT2D eigenvalue weighted by atomic mass is 9.81. The summed E-state index contributed by atoms with van der Waals surface area (Å²) < 4.78 is 15.2. The van der Waals surface area contributed by atoms with Gasteiger partial charge >= 0.3 is 18.0 Å². The highest BCUT2D eigenvalue weighted by Crippen LogP contribution is 2.44. The molecule has 11 nitrogen and oxygen atoms in total. The number of amides is 1. The number of nitrogens with two attached hydrogens (primary N) is 1. The molecule has 12 heteroatoms. The zero-order chi connectivity index (χ0) is 29.7. The molecule has 0 aromatic heterocycles. The first kappa shape index (κ1) is 29.3. The monoisotopic (exact) mass is 579 g/mol. The summed E-state index contributed by atoms with van der Waals surface area (Å²) in [6.07, 6.45) is -0.355. The smallest absolute Gasteiger partial charge is 0.409 e. The van der Waals surface area contributed by atoms with Crippen molar-refractivity contribution in [3.8, 4) is 6.07 Å². The maximum Gasteiger partial charge on any atom is 0.409 e. The summed E-state index contributed by atoms with van der Waals surface area (Å²) in [7, 11) is 2.38. The first-order valence-corrected chi connectivity index (χ1v) is 13.3. The van der Waals surface area contributed by atoms with E-state index in [2.05, 4.69) is 6.07 Å². The summed E-state index contributed by atoms with van der Waals surface area (Å²) in [5, 5.41) is 10.5. The Kier molecular flexibility index (Phi) is 9.04. The predicted octanol–water partition coefficient (Wildman–Crippen LogP) is 3.52. The van der Waals surface area contributed by atoms with Crippen LogP contribution < -0.4 is 15.5 Å². The third kappa shape index (κ3) is 5.64. The molecule has 1 unspecified atom stereocenters. The quantitative estimate of drug-likeness (QED) is 0.399. The van der Waals surface area contributed by atoms with E-state index in [0.717, 1.165) is 0 Å². The molecule has 2 aliphatic heterocycles. The zero-order valence-corrected chi connectivity index (χ0v) is 23.7. The van der Waals surface area contributed by atoms with Crippen molar-refractivity contribution in [3.05, 3.63) is 81.8 Å². The van der Waals surface area contributed by atoms with Crippen LogP contribution in [0, 0.1) is 11.3 Å². The molecule has 214 valence electrons. The van der Waals surface area contributed by atoms with Crippen molar-refractivity contribution < 1.29 is 28.6 Å². The number of allylic oxidation sites excluding steroid dienone is 1. The number of ether oxygens (including phenoxy) is 3. The second-order valence-electron chi connectivity index (χ2n) is 9.14. The number of rotatable bonds is 6. The number of methoxy groups -OCH3 is 2. The van der Waals surface area contributed by atoms with Gasteiger partial charge in [0.15, 0.2) is 0 Å². The minimum absolute atomic E-state index is 0.0544. The number of nitriles is 1. The van der Waals surface area contributed by atoms with Gasteiger partial charge in [-0.25, -0.2) is 14.4 Å². The van der Waals surface area contributed by atoms with Gasteiger partial charge in [0.25, 0.3) is 0 Å². The lowest BCUT2D eigenvalue weighted by molar-refractivity contribution is -0.139. The SMILES string of the molecule is CCOC(=O)N1CCN(c2ccc(N3C(N)=C(C#N)C(c4ccccc4)C(C(=O)OC)=C3C(=O)OC)cc2Cl)CC1. The average molecular weight is 580 g/mol. The molecule has 1 fully saturated rings. The summed E-state index contributed by atoms with van der Waals surface area (Å²) in [5.74, 6) is -2.68. The fraction of sp³-hybridized carbons (Fsp3) is 0.310. The number of halogens is 1. The van der Waals surface area contributed by atoms with Gasteiger partial charge in [-0.15, -0.1) is 0 Å². The molecule has 2 N–H and O–H groups in total. The second-order valence-corrected chi connectivity index (χ2v) is 9.55. The summed E-state index contributed by atoms with van der Waals surface area (Å²) in [4.78, 5) is 43.5. The number of hydrogen-bond acceptors (Lipinski definition) is 10. The van der Waals surface area contributed by atoms with E-state index in [4.69, 9.17) is 31.5 Å². The van der Waals surface area contributed by atoms with Crippen molar-refractivity contribution in [2.45, 2.75) is 12.8 Å². The number of carbonyl (C=O) groups excluding carboxylic acids is 3. The molecule has 0 spiro atoms. The first-order chi connectivity index (χ1) is 19.8. The second kappa shape index (κ2) is 12.7. The highest BCUT2D eigenvalue weighted by molar-refractivity contribution is 6.33. The predicted molar refractivity (Wildman–Crippen MR) is 152 cm³/mol. The van der Waals surface area contributed by atoms with E-state index in [0.29, 0.717) is 54.7 Å². The van der Waals surface area contributed by atoms with Crippen LogP contribution in [0.4, 0.5) is 16.2 Å². The minimum atomic E-state index is -0.968. The molecule has 2 aliphatic rings. The fourth-order valence-corrected chi connectivity index (χ4v) is 5.31. The van der Waals surface area contributed by atoms with Crippen LogP contribution in [0.3, 0.4) is 0 Å². The van der Waals surface area contributed by atoms with Crippen molar-refractivity contribution >= 4 is 41.0 Å². The van der Waals surface area contributed by atoms with E-state index in [1.807, 2.05) is 4.90 Å². The molecular weight excluding hydrogens is 550 g/mol. The van der Waals surface area contributed by atoms with Gasteiger partial charge in [0.2, 0.25) is 0 Å². The fourth-order valence-electron chi connectivity index (χ4n) is 5.02. The minimum Gasteiger partial charge on any atom is -0.466 e. The lowest BCUT2D eigenvalue weighted by Crippen LogP contribution is -2.49. The molecule has 2 aromatic carbocycles. The molecule has 1 saturated heterocycles. The molecule has 1 atom stereocenters. The van der Waals surface area contributed by atoms with Gasteiger partial charge in [-0.3, -0.25) is 4.90 Å². The molecule has 1 amide bonds. The van der Waals surface area contributed by atoms with E-state index < -0.39 is 17.9 Å². The Labute approximate surface area is 242 Å². The Balaban J connectivity index is 1.78. The number of benzene rings is 2. The van der Waals surface area contributed by atoms with Gasteiger partial charge in [0.05, 0.1) is 54.7 Å². The Morgan fingerprint density at radius 1 is 1.02 bits per heavy atom. The largest absolute Gasteiger partial charge is 0.466 e.